The molecule has 1 atom stereocenters. The van der Waals surface area contributed by atoms with Gasteiger partial charge in [0.2, 0.25) is 11.0 Å². The number of aromatic nitrogens is 5. The minimum Gasteiger partial charge on any atom is -0.300 e. The fraction of sp³-hybridized carbons (Fsp3) is 0.278. The highest BCUT2D eigenvalue weighted by Crippen LogP contribution is 2.28. The molecule has 0 bridgehead atoms. The van der Waals surface area contributed by atoms with Crippen molar-refractivity contribution < 1.29 is 4.79 Å². The van der Waals surface area contributed by atoms with Gasteiger partial charge >= 0.3 is 0 Å². The van der Waals surface area contributed by atoms with Gasteiger partial charge in [-0.2, -0.15) is 0 Å². The number of rotatable bonds is 7. The molecule has 0 aliphatic carbocycles. The minimum atomic E-state index is -0.368. The summed E-state index contributed by atoms with van der Waals surface area (Å²) in [4.78, 5) is 12.4. The summed E-state index contributed by atoms with van der Waals surface area (Å²) in [5, 5.41) is 20.8. The first-order valence-corrected chi connectivity index (χ1v) is 10.1. The van der Waals surface area contributed by atoms with Gasteiger partial charge in [-0.25, -0.2) is 0 Å². The summed E-state index contributed by atoms with van der Waals surface area (Å²) in [5.74, 6) is 0.603. The summed E-state index contributed by atoms with van der Waals surface area (Å²) < 4.78 is 1.96. The quantitative estimate of drug-likeness (QED) is 0.481. The summed E-state index contributed by atoms with van der Waals surface area (Å²) in [6.45, 7) is 10.1. The number of thioether (sulfide) groups is 1. The zero-order chi connectivity index (χ0) is 19.4. The van der Waals surface area contributed by atoms with Gasteiger partial charge in [0, 0.05) is 12.1 Å². The van der Waals surface area contributed by atoms with E-state index in [4.69, 9.17) is 0 Å². The van der Waals surface area contributed by atoms with E-state index in [-0.39, 0.29) is 11.2 Å². The first-order valence-electron chi connectivity index (χ1n) is 8.36. The summed E-state index contributed by atoms with van der Waals surface area (Å²) >= 11 is 2.69. The molecule has 0 saturated carbocycles. The summed E-state index contributed by atoms with van der Waals surface area (Å²) in [6.07, 6.45) is 1.79. The molecule has 27 heavy (non-hydrogen) atoms. The maximum atomic E-state index is 12.4. The predicted molar refractivity (Wildman–Crippen MR) is 109 cm³/mol. The Hall–Kier alpha value is -2.52. The van der Waals surface area contributed by atoms with Crippen LogP contribution in [0.2, 0.25) is 0 Å². The van der Waals surface area contributed by atoms with Crippen molar-refractivity contribution in [1.29, 1.82) is 0 Å². The Balaban J connectivity index is 1.78. The van der Waals surface area contributed by atoms with Crippen LogP contribution in [0.3, 0.4) is 0 Å². The van der Waals surface area contributed by atoms with Crippen LogP contribution in [-0.4, -0.2) is 36.1 Å². The van der Waals surface area contributed by atoms with E-state index < -0.39 is 0 Å². The molecule has 0 spiro atoms. The molecule has 0 radical (unpaired) electrons. The van der Waals surface area contributed by atoms with Crippen LogP contribution in [0, 0.1) is 13.8 Å². The summed E-state index contributed by atoms with van der Waals surface area (Å²) in [5.41, 5.74) is 2.16. The number of benzene rings is 1. The molecule has 140 valence electrons. The molecule has 1 N–H and O–H groups in total. The molecule has 0 fully saturated rings. The van der Waals surface area contributed by atoms with Gasteiger partial charge in [0.25, 0.3) is 0 Å². The lowest BCUT2D eigenvalue weighted by molar-refractivity contribution is -0.115. The third kappa shape index (κ3) is 4.61. The lowest BCUT2D eigenvalue weighted by Gasteiger charge is -2.11. The van der Waals surface area contributed by atoms with Crippen molar-refractivity contribution in [3.8, 4) is 11.4 Å². The third-order valence-electron chi connectivity index (χ3n) is 3.75. The predicted octanol–water partition coefficient (Wildman–Crippen LogP) is 3.72. The Morgan fingerprint density at radius 2 is 2.00 bits per heavy atom. The summed E-state index contributed by atoms with van der Waals surface area (Å²) in [6, 6.07) is 8.10. The maximum absolute atomic E-state index is 12.4. The fourth-order valence-corrected chi connectivity index (χ4v) is 3.80. The Kier molecular flexibility index (Phi) is 6.02. The SMILES string of the molecule is C=CCn1c(S[C@@H](C)C(=O)Nc2nnc(C)s2)nnc1-c1ccc(C)cc1. The van der Waals surface area contributed by atoms with Crippen LogP contribution < -0.4 is 5.32 Å². The van der Waals surface area contributed by atoms with Crippen molar-refractivity contribution in [1.82, 2.24) is 25.0 Å². The molecule has 3 rings (SSSR count). The molecular weight excluding hydrogens is 380 g/mol. The number of nitrogens with zero attached hydrogens (tertiary/aromatic N) is 5. The van der Waals surface area contributed by atoms with Gasteiger partial charge in [-0.3, -0.25) is 14.7 Å². The van der Waals surface area contributed by atoms with Gasteiger partial charge in [-0.15, -0.1) is 27.0 Å². The standard InChI is InChI=1S/C18H20N6OS2/c1-5-10-24-15(14-8-6-11(2)7-9-14)21-23-18(24)26-12(3)16(25)19-17-22-20-13(4)27-17/h5-9,12H,1,10H2,2-4H3,(H,19,22,25)/t12-/m0/s1. The van der Waals surface area contributed by atoms with Gasteiger partial charge in [0.05, 0.1) is 5.25 Å². The number of carbonyl (C=O) groups is 1. The molecule has 7 nitrogen and oxygen atoms in total. The third-order valence-corrected chi connectivity index (χ3v) is 5.58. The van der Waals surface area contributed by atoms with Gasteiger partial charge < -0.3 is 0 Å². The van der Waals surface area contributed by atoms with Crippen LogP contribution in [0.4, 0.5) is 5.13 Å². The monoisotopic (exact) mass is 400 g/mol. The number of hydrogen-bond acceptors (Lipinski definition) is 7. The van der Waals surface area contributed by atoms with Gasteiger partial charge in [0.15, 0.2) is 11.0 Å². The lowest BCUT2D eigenvalue weighted by Crippen LogP contribution is -2.22. The van der Waals surface area contributed by atoms with Crippen molar-refractivity contribution in [3.05, 3.63) is 47.5 Å². The molecule has 2 heterocycles. The first kappa shape index (κ1) is 19.2. The second-order valence-electron chi connectivity index (χ2n) is 5.95. The Morgan fingerprint density at radius 3 is 2.63 bits per heavy atom. The van der Waals surface area contributed by atoms with E-state index in [1.54, 1.807) is 6.08 Å². The molecule has 2 aromatic heterocycles. The highest BCUT2D eigenvalue weighted by Gasteiger charge is 2.21. The van der Waals surface area contributed by atoms with Crippen LogP contribution in [0.5, 0.6) is 0 Å². The Morgan fingerprint density at radius 1 is 1.26 bits per heavy atom. The highest BCUT2D eigenvalue weighted by atomic mass is 32.2. The number of aryl methyl sites for hydroxylation is 2. The Labute approximate surface area is 165 Å². The van der Waals surface area contributed by atoms with E-state index in [1.165, 1.54) is 28.7 Å². The zero-order valence-electron chi connectivity index (χ0n) is 15.3. The molecule has 0 aliphatic heterocycles. The second kappa shape index (κ2) is 8.45. The normalized spacial score (nSPS) is 12.0. The van der Waals surface area contributed by atoms with Crippen LogP contribution in [0.1, 0.15) is 17.5 Å². The van der Waals surface area contributed by atoms with Crippen molar-refractivity contribution in [2.45, 2.75) is 37.7 Å². The summed E-state index contributed by atoms with van der Waals surface area (Å²) in [7, 11) is 0. The molecule has 9 heteroatoms. The van der Waals surface area contributed by atoms with E-state index >= 15 is 0 Å². The first-order chi connectivity index (χ1) is 13.0. The van der Waals surface area contributed by atoms with Gasteiger partial charge in [-0.05, 0) is 20.8 Å². The van der Waals surface area contributed by atoms with Crippen molar-refractivity contribution >= 4 is 34.1 Å². The van der Waals surface area contributed by atoms with Gasteiger partial charge in [-0.1, -0.05) is 59.0 Å². The van der Waals surface area contributed by atoms with E-state index in [9.17, 15) is 4.79 Å². The average molecular weight is 401 g/mol. The molecule has 0 saturated heterocycles. The van der Waals surface area contributed by atoms with Crippen molar-refractivity contribution in [2.75, 3.05) is 5.32 Å². The topological polar surface area (TPSA) is 85.6 Å². The average Bonchev–Trinajstić information content (AvgIpc) is 3.22. The number of allylic oxidation sites excluding steroid dienone is 1. The molecule has 1 amide bonds. The van der Waals surface area contributed by atoms with E-state index in [0.29, 0.717) is 16.8 Å². The van der Waals surface area contributed by atoms with Crippen LogP contribution >= 0.6 is 23.1 Å². The van der Waals surface area contributed by atoms with Crippen molar-refractivity contribution in [3.63, 3.8) is 0 Å². The van der Waals surface area contributed by atoms with Crippen LogP contribution in [0.25, 0.3) is 11.4 Å². The molecule has 0 unspecified atom stereocenters. The molecular formula is C18H20N6OS2. The molecule has 0 aliphatic rings. The zero-order valence-corrected chi connectivity index (χ0v) is 17.0. The molecule has 1 aromatic carbocycles. The van der Waals surface area contributed by atoms with E-state index in [0.717, 1.165) is 16.4 Å². The van der Waals surface area contributed by atoms with Crippen LogP contribution in [0.15, 0.2) is 42.1 Å². The number of amides is 1. The van der Waals surface area contributed by atoms with Crippen molar-refractivity contribution in [2.24, 2.45) is 0 Å². The lowest BCUT2D eigenvalue weighted by atomic mass is 10.1. The number of carbonyl (C=O) groups excluding carboxylic acids is 1. The maximum Gasteiger partial charge on any atom is 0.239 e. The van der Waals surface area contributed by atoms with E-state index in [1.807, 2.05) is 49.6 Å². The number of anilines is 1. The number of hydrogen-bond donors (Lipinski definition) is 1. The minimum absolute atomic E-state index is 0.152. The smallest absolute Gasteiger partial charge is 0.239 e. The largest absolute Gasteiger partial charge is 0.300 e. The molecule has 3 aromatic rings. The van der Waals surface area contributed by atoms with Crippen LogP contribution in [-0.2, 0) is 11.3 Å². The number of nitrogens with one attached hydrogen (secondary N) is 1. The van der Waals surface area contributed by atoms with E-state index in [2.05, 4.69) is 32.3 Å². The fourth-order valence-electron chi connectivity index (χ4n) is 2.35. The Bertz CT molecular complexity index is 947. The second-order valence-corrected chi connectivity index (χ2v) is 8.44. The highest BCUT2D eigenvalue weighted by molar-refractivity contribution is 8.00. The van der Waals surface area contributed by atoms with Gasteiger partial charge in [0.1, 0.15) is 5.01 Å².